The summed E-state index contributed by atoms with van der Waals surface area (Å²) in [5.74, 6) is 0.0956. The molecule has 2 aliphatic rings. The number of Topliss-reactive ketones (excluding diaryl/α,β-unsaturated/α-hetero) is 1. The fraction of sp³-hybridized carbons (Fsp3) is 0.524. The van der Waals surface area contributed by atoms with Crippen LogP contribution < -0.4 is 10.6 Å². The highest BCUT2D eigenvalue weighted by Gasteiger charge is 2.36. The van der Waals surface area contributed by atoms with Gasteiger partial charge in [0.25, 0.3) is 5.91 Å². The van der Waals surface area contributed by atoms with Crippen molar-refractivity contribution in [1.29, 1.82) is 0 Å². The molecule has 1 fully saturated rings. The van der Waals surface area contributed by atoms with E-state index in [0.29, 0.717) is 39.0 Å². The molecule has 0 bridgehead atoms. The van der Waals surface area contributed by atoms with Gasteiger partial charge in [-0.3, -0.25) is 9.59 Å². The van der Waals surface area contributed by atoms with E-state index in [1.54, 1.807) is 6.08 Å². The monoisotopic (exact) mass is 356 g/mol. The Kier molecular flexibility index (Phi) is 5.89. The third-order valence-corrected chi connectivity index (χ3v) is 5.58. The summed E-state index contributed by atoms with van der Waals surface area (Å²) in [5.41, 5.74) is 7.72. The average Bonchev–Trinajstić information content (AvgIpc) is 3.09. The number of ether oxygens (including phenoxy) is 1. The number of allylic oxidation sites excluding steroid dienone is 1. The van der Waals surface area contributed by atoms with Crippen LogP contribution in [0.25, 0.3) is 0 Å². The minimum atomic E-state index is -0.766. The molecule has 0 saturated carbocycles. The molecule has 0 aromatic heterocycles. The smallest absolute Gasteiger partial charge is 0.250 e. The van der Waals surface area contributed by atoms with Crippen molar-refractivity contribution in [3.8, 4) is 0 Å². The summed E-state index contributed by atoms with van der Waals surface area (Å²) in [6.07, 6.45) is 6.74. The van der Waals surface area contributed by atoms with Crippen LogP contribution in [0.1, 0.15) is 38.2 Å². The van der Waals surface area contributed by atoms with Crippen molar-refractivity contribution < 1.29 is 14.3 Å². The van der Waals surface area contributed by atoms with Crippen molar-refractivity contribution in [3.05, 3.63) is 42.0 Å². The summed E-state index contributed by atoms with van der Waals surface area (Å²) >= 11 is 0. The highest BCUT2D eigenvalue weighted by molar-refractivity contribution is 6.03. The molecule has 1 aromatic rings. The predicted molar refractivity (Wildman–Crippen MR) is 102 cm³/mol. The van der Waals surface area contributed by atoms with Gasteiger partial charge in [-0.15, -0.1) is 0 Å². The first-order chi connectivity index (χ1) is 12.5. The zero-order valence-corrected chi connectivity index (χ0v) is 15.4. The number of hydrogen-bond acceptors (Lipinski definition) is 4. The Morgan fingerprint density at radius 2 is 2.04 bits per heavy atom. The van der Waals surface area contributed by atoms with Crippen LogP contribution in [0, 0.1) is 5.92 Å². The van der Waals surface area contributed by atoms with Gasteiger partial charge in [-0.25, -0.2) is 0 Å². The number of benzene rings is 1. The predicted octanol–water partition coefficient (Wildman–Crippen LogP) is 2.63. The number of nitrogens with zero attached hydrogens (tertiary/aromatic N) is 1. The van der Waals surface area contributed by atoms with E-state index in [1.165, 1.54) is 5.56 Å². The standard InChI is InChI=1S/C21H28N2O3/c1-2-16(15-19(24)21(22)10-13-26-14-11-21)7-8-20(25)23-12-9-17-5-3-4-6-18(17)23/h3-8,16H,2,9-15,22H2,1H3/b8-7+/t16-/m0/s1. The topological polar surface area (TPSA) is 72.6 Å². The number of para-hydroxylation sites is 1. The third-order valence-electron chi connectivity index (χ3n) is 5.58. The molecule has 1 atom stereocenters. The van der Waals surface area contributed by atoms with Crippen molar-refractivity contribution in [3.63, 3.8) is 0 Å². The Hall–Kier alpha value is -1.98. The van der Waals surface area contributed by atoms with Crippen LogP contribution >= 0.6 is 0 Å². The maximum atomic E-state index is 12.6. The lowest BCUT2D eigenvalue weighted by atomic mass is 9.82. The van der Waals surface area contributed by atoms with E-state index >= 15 is 0 Å². The first-order valence-electron chi connectivity index (χ1n) is 9.51. The number of rotatable bonds is 6. The van der Waals surface area contributed by atoms with Crippen molar-refractivity contribution in [2.75, 3.05) is 24.7 Å². The van der Waals surface area contributed by atoms with Crippen LogP contribution in [0.5, 0.6) is 0 Å². The number of carbonyl (C=O) groups excluding carboxylic acids is 2. The molecule has 5 nitrogen and oxygen atoms in total. The molecule has 1 amide bonds. The van der Waals surface area contributed by atoms with Crippen molar-refractivity contribution in [1.82, 2.24) is 0 Å². The first-order valence-corrected chi connectivity index (χ1v) is 9.51. The highest BCUT2D eigenvalue weighted by atomic mass is 16.5. The number of anilines is 1. The minimum Gasteiger partial charge on any atom is -0.381 e. The van der Waals surface area contributed by atoms with E-state index < -0.39 is 5.54 Å². The Bertz CT molecular complexity index is 692. The van der Waals surface area contributed by atoms with Crippen molar-refractivity contribution in [2.24, 2.45) is 11.7 Å². The van der Waals surface area contributed by atoms with Crippen molar-refractivity contribution >= 4 is 17.4 Å². The zero-order chi connectivity index (χ0) is 18.6. The molecule has 1 aromatic carbocycles. The Morgan fingerprint density at radius 1 is 1.31 bits per heavy atom. The van der Waals surface area contributed by atoms with E-state index in [9.17, 15) is 9.59 Å². The van der Waals surface area contributed by atoms with E-state index in [2.05, 4.69) is 6.07 Å². The second kappa shape index (κ2) is 8.14. The molecule has 140 valence electrons. The molecular formula is C21H28N2O3. The third kappa shape index (κ3) is 4.05. The molecule has 0 spiro atoms. The molecule has 0 unspecified atom stereocenters. The van der Waals surface area contributed by atoms with E-state index in [4.69, 9.17) is 10.5 Å². The van der Waals surface area contributed by atoms with Crippen molar-refractivity contribution in [2.45, 2.75) is 44.6 Å². The van der Waals surface area contributed by atoms with E-state index in [1.807, 2.05) is 36.1 Å². The van der Waals surface area contributed by atoms with Gasteiger partial charge in [0.15, 0.2) is 5.78 Å². The summed E-state index contributed by atoms with van der Waals surface area (Å²) < 4.78 is 5.31. The molecule has 2 heterocycles. The Morgan fingerprint density at radius 3 is 2.77 bits per heavy atom. The largest absolute Gasteiger partial charge is 0.381 e. The number of ketones is 1. The Balaban J connectivity index is 1.61. The molecule has 0 radical (unpaired) electrons. The molecule has 5 heteroatoms. The number of hydrogen-bond donors (Lipinski definition) is 1. The molecule has 2 aliphatic heterocycles. The molecule has 3 rings (SSSR count). The summed E-state index contributed by atoms with van der Waals surface area (Å²) in [7, 11) is 0. The van der Waals surface area contributed by atoms with Crippen LogP contribution in [0.15, 0.2) is 36.4 Å². The Labute approximate surface area is 155 Å². The maximum absolute atomic E-state index is 12.6. The lowest BCUT2D eigenvalue weighted by Crippen LogP contribution is -2.52. The summed E-state index contributed by atoms with van der Waals surface area (Å²) in [5, 5.41) is 0. The lowest BCUT2D eigenvalue weighted by Gasteiger charge is -2.32. The molecule has 0 aliphatic carbocycles. The van der Waals surface area contributed by atoms with E-state index in [-0.39, 0.29) is 17.6 Å². The van der Waals surface area contributed by atoms with Gasteiger partial charge in [0.1, 0.15) is 0 Å². The summed E-state index contributed by atoms with van der Waals surface area (Å²) in [6, 6.07) is 8.00. The summed E-state index contributed by atoms with van der Waals surface area (Å²) in [4.78, 5) is 27.0. The fourth-order valence-corrected chi connectivity index (χ4v) is 3.68. The average molecular weight is 356 g/mol. The van der Waals surface area contributed by atoms with Gasteiger partial charge in [0.2, 0.25) is 0 Å². The van der Waals surface area contributed by atoms with Crippen LogP contribution in [0.3, 0.4) is 0 Å². The highest BCUT2D eigenvalue weighted by Crippen LogP contribution is 2.28. The second-order valence-corrected chi connectivity index (χ2v) is 7.29. The van der Waals surface area contributed by atoms with Crippen LogP contribution in [0.4, 0.5) is 5.69 Å². The first kappa shape index (κ1) is 18.8. The number of fused-ring (bicyclic) bond motifs is 1. The van der Waals surface area contributed by atoms with Gasteiger partial charge in [-0.2, -0.15) is 0 Å². The number of nitrogens with two attached hydrogens (primary N) is 1. The van der Waals surface area contributed by atoms with E-state index in [0.717, 1.165) is 18.5 Å². The quantitative estimate of drug-likeness (QED) is 0.795. The maximum Gasteiger partial charge on any atom is 0.250 e. The minimum absolute atomic E-state index is 0.0191. The van der Waals surface area contributed by atoms with Gasteiger partial charge in [0, 0.05) is 31.9 Å². The number of amides is 1. The number of carbonyl (C=O) groups is 2. The van der Waals surface area contributed by atoms with Gasteiger partial charge < -0.3 is 15.4 Å². The van der Waals surface area contributed by atoms with Gasteiger partial charge in [-0.05, 0) is 49.3 Å². The molecular weight excluding hydrogens is 328 g/mol. The fourth-order valence-electron chi connectivity index (χ4n) is 3.68. The summed E-state index contributed by atoms with van der Waals surface area (Å²) in [6.45, 7) is 3.83. The second-order valence-electron chi connectivity index (χ2n) is 7.29. The van der Waals surface area contributed by atoms with Crippen LogP contribution in [0.2, 0.25) is 0 Å². The lowest BCUT2D eigenvalue weighted by molar-refractivity contribution is -0.128. The van der Waals surface area contributed by atoms with Gasteiger partial charge >= 0.3 is 0 Å². The van der Waals surface area contributed by atoms with Gasteiger partial charge in [0.05, 0.1) is 5.54 Å². The molecule has 2 N–H and O–H groups in total. The molecule has 26 heavy (non-hydrogen) atoms. The zero-order valence-electron chi connectivity index (χ0n) is 15.4. The molecule has 1 saturated heterocycles. The van der Waals surface area contributed by atoms with Crippen LogP contribution in [-0.4, -0.2) is 37.0 Å². The SMILES string of the molecule is CC[C@@H](/C=C/C(=O)N1CCc2ccccc21)CC(=O)C1(N)CCOCC1. The normalized spacial score (nSPS) is 20.2. The van der Waals surface area contributed by atoms with Gasteiger partial charge in [-0.1, -0.05) is 31.2 Å². The van der Waals surface area contributed by atoms with Crippen LogP contribution in [-0.2, 0) is 20.7 Å².